The Balaban J connectivity index is 1.63. The number of nitrogens with one attached hydrogen (secondary N) is 2. The normalized spacial score (nSPS) is 15.9. The zero-order valence-corrected chi connectivity index (χ0v) is 13.8. The van der Waals surface area contributed by atoms with E-state index in [2.05, 4.69) is 25.6 Å². The van der Waals surface area contributed by atoms with Gasteiger partial charge >= 0.3 is 0 Å². The maximum atomic E-state index is 4.54. The monoisotopic (exact) mass is 311 g/mol. The molecule has 3 rings (SSSR count). The van der Waals surface area contributed by atoms with E-state index in [0.29, 0.717) is 12.6 Å². The average molecular weight is 311 g/mol. The molecule has 0 saturated heterocycles. The van der Waals surface area contributed by atoms with E-state index in [0.717, 1.165) is 23.2 Å². The molecule has 1 saturated carbocycles. The van der Waals surface area contributed by atoms with E-state index in [-0.39, 0.29) is 0 Å². The molecule has 1 aliphatic rings. The number of hydrogen-bond acceptors (Lipinski definition) is 5. The maximum Gasteiger partial charge on any atom is 0.132 e. The van der Waals surface area contributed by atoms with Crippen molar-refractivity contribution in [2.45, 2.75) is 58.0 Å². The second-order valence-electron chi connectivity index (χ2n) is 6.19. The number of rotatable bonds is 5. The summed E-state index contributed by atoms with van der Waals surface area (Å²) in [5.74, 6) is 2.55. The molecule has 5 nitrogen and oxygen atoms in total. The van der Waals surface area contributed by atoms with E-state index in [1.165, 1.54) is 38.5 Å². The molecule has 122 valence electrons. The van der Waals surface area contributed by atoms with Crippen molar-refractivity contribution in [2.75, 3.05) is 10.6 Å². The predicted molar refractivity (Wildman–Crippen MR) is 93.4 cm³/mol. The van der Waals surface area contributed by atoms with Crippen LogP contribution in [0.3, 0.4) is 0 Å². The Morgan fingerprint density at radius 3 is 2.57 bits per heavy atom. The summed E-state index contributed by atoms with van der Waals surface area (Å²) >= 11 is 0. The molecule has 2 aromatic heterocycles. The molecule has 2 aromatic rings. The first-order chi connectivity index (χ1) is 11.3. The lowest BCUT2D eigenvalue weighted by Crippen LogP contribution is -2.19. The van der Waals surface area contributed by atoms with Crippen molar-refractivity contribution in [1.82, 2.24) is 15.0 Å². The molecule has 0 amide bonds. The zero-order chi connectivity index (χ0) is 15.9. The molecule has 0 unspecified atom stereocenters. The van der Waals surface area contributed by atoms with Crippen LogP contribution < -0.4 is 10.6 Å². The third kappa shape index (κ3) is 4.91. The maximum absolute atomic E-state index is 4.54. The number of aryl methyl sites for hydroxylation is 1. The van der Waals surface area contributed by atoms with Crippen molar-refractivity contribution in [1.29, 1.82) is 0 Å². The Morgan fingerprint density at radius 2 is 1.83 bits per heavy atom. The topological polar surface area (TPSA) is 62.7 Å². The van der Waals surface area contributed by atoms with Crippen LogP contribution in [-0.4, -0.2) is 21.0 Å². The van der Waals surface area contributed by atoms with Crippen LogP contribution in [0, 0.1) is 6.92 Å². The molecular formula is C18H25N5. The van der Waals surface area contributed by atoms with Gasteiger partial charge in [-0.25, -0.2) is 9.97 Å². The largest absolute Gasteiger partial charge is 0.367 e. The highest BCUT2D eigenvalue weighted by Crippen LogP contribution is 2.21. The van der Waals surface area contributed by atoms with Gasteiger partial charge in [0.25, 0.3) is 0 Å². The van der Waals surface area contributed by atoms with Crippen molar-refractivity contribution >= 4 is 11.6 Å². The number of nitrogens with zero attached hydrogens (tertiary/aromatic N) is 3. The summed E-state index contributed by atoms with van der Waals surface area (Å²) in [6.07, 6.45) is 9.62. The SMILES string of the molecule is Cc1nc(NCc2ccccn2)cc(NC2CCCCCC2)n1. The summed E-state index contributed by atoms with van der Waals surface area (Å²) in [6, 6.07) is 8.46. The molecule has 0 bridgehead atoms. The number of aromatic nitrogens is 3. The molecule has 5 heteroatoms. The van der Waals surface area contributed by atoms with E-state index < -0.39 is 0 Å². The Labute approximate surface area is 138 Å². The minimum Gasteiger partial charge on any atom is -0.367 e. The fourth-order valence-electron chi connectivity index (χ4n) is 3.05. The molecule has 0 atom stereocenters. The van der Waals surface area contributed by atoms with Crippen LogP contribution >= 0.6 is 0 Å². The Kier molecular flexibility index (Phi) is 5.40. The van der Waals surface area contributed by atoms with Crippen LogP contribution in [0.5, 0.6) is 0 Å². The smallest absolute Gasteiger partial charge is 0.132 e. The van der Waals surface area contributed by atoms with Crippen LogP contribution in [0.4, 0.5) is 11.6 Å². The second-order valence-corrected chi connectivity index (χ2v) is 6.19. The first kappa shape index (κ1) is 15.7. The lowest BCUT2D eigenvalue weighted by atomic mass is 10.1. The molecule has 0 aliphatic heterocycles. The second kappa shape index (κ2) is 7.90. The first-order valence-electron chi connectivity index (χ1n) is 8.55. The molecule has 2 N–H and O–H groups in total. The fraction of sp³-hybridized carbons (Fsp3) is 0.500. The highest BCUT2D eigenvalue weighted by Gasteiger charge is 2.13. The van der Waals surface area contributed by atoms with Crippen molar-refractivity contribution in [3.05, 3.63) is 42.0 Å². The van der Waals surface area contributed by atoms with Gasteiger partial charge in [0.05, 0.1) is 12.2 Å². The standard InChI is InChI=1S/C18H25N5/c1-14-21-17(20-13-16-10-6-7-11-19-16)12-18(22-14)23-15-8-4-2-3-5-9-15/h6-7,10-12,15H,2-5,8-9,13H2,1H3,(H2,20,21,22,23). The van der Waals surface area contributed by atoms with Crippen LogP contribution in [0.15, 0.2) is 30.5 Å². The van der Waals surface area contributed by atoms with Gasteiger partial charge in [0.2, 0.25) is 0 Å². The lowest BCUT2D eigenvalue weighted by molar-refractivity contribution is 0.617. The summed E-state index contributed by atoms with van der Waals surface area (Å²) in [6.45, 7) is 2.60. The van der Waals surface area contributed by atoms with Gasteiger partial charge in [-0.3, -0.25) is 4.98 Å². The lowest BCUT2D eigenvalue weighted by Gasteiger charge is -2.17. The van der Waals surface area contributed by atoms with Crippen LogP contribution in [0.2, 0.25) is 0 Å². The minimum atomic E-state index is 0.537. The van der Waals surface area contributed by atoms with Crippen LogP contribution in [-0.2, 0) is 6.54 Å². The predicted octanol–water partition coefficient (Wildman–Crippen LogP) is 3.93. The van der Waals surface area contributed by atoms with Crippen molar-refractivity contribution in [3.63, 3.8) is 0 Å². The number of hydrogen-bond donors (Lipinski definition) is 2. The Morgan fingerprint density at radius 1 is 1.04 bits per heavy atom. The van der Waals surface area contributed by atoms with E-state index in [1.807, 2.05) is 31.2 Å². The minimum absolute atomic E-state index is 0.537. The Hall–Kier alpha value is -2.17. The third-order valence-electron chi connectivity index (χ3n) is 4.22. The molecule has 0 aromatic carbocycles. The third-order valence-corrected chi connectivity index (χ3v) is 4.22. The summed E-state index contributed by atoms with van der Waals surface area (Å²) in [4.78, 5) is 13.3. The highest BCUT2D eigenvalue weighted by atomic mass is 15.1. The molecule has 1 aliphatic carbocycles. The van der Waals surface area contributed by atoms with Crippen molar-refractivity contribution in [2.24, 2.45) is 0 Å². The Bertz CT molecular complexity index is 606. The number of pyridine rings is 1. The van der Waals surface area contributed by atoms with Gasteiger partial charge in [0, 0.05) is 18.3 Å². The van der Waals surface area contributed by atoms with Gasteiger partial charge in [0.15, 0.2) is 0 Å². The van der Waals surface area contributed by atoms with Gasteiger partial charge < -0.3 is 10.6 Å². The number of anilines is 2. The fourth-order valence-corrected chi connectivity index (χ4v) is 3.05. The quantitative estimate of drug-likeness (QED) is 0.819. The van der Waals surface area contributed by atoms with Gasteiger partial charge in [-0.1, -0.05) is 31.7 Å². The molecule has 0 spiro atoms. The van der Waals surface area contributed by atoms with Crippen molar-refractivity contribution < 1.29 is 0 Å². The van der Waals surface area contributed by atoms with Gasteiger partial charge in [-0.2, -0.15) is 0 Å². The van der Waals surface area contributed by atoms with E-state index in [4.69, 9.17) is 0 Å². The summed E-state index contributed by atoms with van der Waals surface area (Å²) < 4.78 is 0. The van der Waals surface area contributed by atoms with E-state index >= 15 is 0 Å². The van der Waals surface area contributed by atoms with Crippen LogP contribution in [0.1, 0.15) is 50.0 Å². The summed E-state index contributed by atoms with van der Waals surface area (Å²) in [7, 11) is 0. The van der Waals surface area contributed by atoms with Crippen molar-refractivity contribution in [3.8, 4) is 0 Å². The first-order valence-corrected chi connectivity index (χ1v) is 8.55. The van der Waals surface area contributed by atoms with E-state index in [9.17, 15) is 0 Å². The average Bonchev–Trinajstić information content (AvgIpc) is 2.82. The molecule has 2 heterocycles. The summed E-state index contributed by atoms with van der Waals surface area (Å²) in [5, 5.41) is 6.93. The molecule has 0 radical (unpaired) electrons. The van der Waals surface area contributed by atoms with Crippen LogP contribution in [0.25, 0.3) is 0 Å². The summed E-state index contributed by atoms with van der Waals surface area (Å²) in [5.41, 5.74) is 1.00. The van der Waals surface area contributed by atoms with E-state index in [1.54, 1.807) is 6.20 Å². The van der Waals surface area contributed by atoms with Gasteiger partial charge in [0.1, 0.15) is 17.5 Å². The zero-order valence-electron chi connectivity index (χ0n) is 13.8. The molecular weight excluding hydrogens is 286 g/mol. The highest BCUT2D eigenvalue weighted by molar-refractivity contribution is 5.48. The van der Waals surface area contributed by atoms with Gasteiger partial charge in [-0.05, 0) is 31.9 Å². The molecule has 1 fully saturated rings. The van der Waals surface area contributed by atoms with Gasteiger partial charge in [-0.15, -0.1) is 0 Å². The molecule has 23 heavy (non-hydrogen) atoms.